The smallest absolute Gasteiger partial charge is 0.273 e. The zero-order valence-corrected chi connectivity index (χ0v) is 8.83. The van der Waals surface area contributed by atoms with Crippen molar-refractivity contribution in [1.29, 1.82) is 0 Å². The first-order valence-corrected chi connectivity index (χ1v) is 5.20. The van der Waals surface area contributed by atoms with Gasteiger partial charge in [-0.3, -0.25) is 4.79 Å². The zero-order valence-electron chi connectivity index (χ0n) is 8.07. The first kappa shape index (κ1) is 10.4. The van der Waals surface area contributed by atoms with E-state index in [0.717, 1.165) is 19.3 Å². The molecule has 1 aromatic rings. The molecule has 2 rings (SSSR count). The van der Waals surface area contributed by atoms with Gasteiger partial charge in [0, 0.05) is 6.04 Å². The Kier molecular flexibility index (Phi) is 2.93. The first-order valence-electron chi connectivity index (χ1n) is 4.82. The van der Waals surface area contributed by atoms with Crippen molar-refractivity contribution in [3.63, 3.8) is 0 Å². The molecule has 15 heavy (non-hydrogen) atoms. The van der Waals surface area contributed by atoms with E-state index in [0.29, 0.717) is 0 Å². The number of halogens is 1. The molecule has 6 heteroatoms. The third kappa shape index (κ3) is 2.30. The molecule has 0 saturated heterocycles. The fourth-order valence-corrected chi connectivity index (χ4v) is 1.83. The van der Waals surface area contributed by atoms with Crippen LogP contribution in [0.1, 0.15) is 19.3 Å². The normalized spacial score (nSPS) is 25.5. The van der Waals surface area contributed by atoms with Crippen LogP contribution < -0.4 is 16.0 Å². The SMILES string of the molecule is NC1CCC(Oc2nc[nH]c(=O)c2Cl)C1. The summed E-state index contributed by atoms with van der Waals surface area (Å²) in [4.78, 5) is 17.4. The number of ether oxygens (including phenoxy) is 1. The minimum atomic E-state index is -0.385. The standard InChI is InChI=1S/C9H12ClN3O2/c10-7-8(14)12-4-13-9(7)15-6-2-1-5(11)3-6/h4-6H,1-3,11H2,(H,12,13,14). The van der Waals surface area contributed by atoms with Crippen molar-refractivity contribution in [3.05, 3.63) is 21.7 Å². The van der Waals surface area contributed by atoms with E-state index in [4.69, 9.17) is 22.1 Å². The Hall–Kier alpha value is -1.07. The zero-order chi connectivity index (χ0) is 10.8. The molecule has 1 saturated carbocycles. The van der Waals surface area contributed by atoms with Gasteiger partial charge in [-0.2, -0.15) is 0 Å². The molecule has 1 aliphatic carbocycles. The summed E-state index contributed by atoms with van der Waals surface area (Å²) < 4.78 is 5.51. The predicted octanol–water partition coefficient (Wildman–Crippen LogP) is 0.682. The summed E-state index contributed by atoms with van der Waals surface area (Å²) in [5, 5.41) is -0.00188. The van der Waals surface area contributed by atoms with Crippen LogP contribution in [0.25, 0.3) is 0 Å². The van der Waals surface area contributed by atoms with Gasteiger partial charge in [0.25, 0.3) is 5.56 Å². The van der Waals surface area contributed by atoms with E-state index in [9.17, 15) is 4.79 Å². The summed E-state index contributed by atoms with van der Waals surface area (Å²) in [7, 11) is 0. The Balaban J connectivity index is 2.11. The average Bonchev–Trinajstić information content (AvgIpc) is 2.59. The van der Waals surface area contributed by atoms with Crippen LogP contribution in [-0.2, 0) is 0 Å². The number of hydrogen-bond acceptors (Lipinski definition) is 4. The molecule has 0 aliphatic heterocycles. The molecule has 0 radical (unpaired) electrons. The van der Waals surface area contributed by atoms with Gasteiger partial charge in [0.1, 0.15) is 6.10 Å². The fourth-order valence-electron chi connectivity index (χ4n) is 1.69. The Morgan fingerprint density at radius 1 is 1.60 bits per heavy atom. The first-order chi connectivity index (χ1) is 7.16. The van der Waals surface area contributed by atoms with Gasteiger partial charge in [0.15, 0.2) is 5.02 Å². The van der Waals surface area contributed by atoms with E-state index in [1.807, 2.05) is 0 Å². The number of nitrogens with one attached hydrogen (secondary N) is 1. The van der Waals surface area contributed by atoms with E-state index in [1.165, 1.54) is 6.33 Å². The van der Waals surface area contributed by atoms with Crippen molar-refractivity contribution < 1.29 is 4.74 Å². The molecule has 2 unspecified atom stereocenters. The number of nitrogens with zero attached hydrogens (tertiary/aromatic N) is 1. The van der Waals surface area contributed by atoms with E-state index < -0.39 is 0 Å². The topological polar surface area (TPSA) is 81.0 Å². The van der Waals surface area contributed by atoms with Crippen LogP contribution in [0.4, 0.5) is 0 Å². The molecule has 0 amide bonds. The number of H-pyrrole nitrogens is 1. The molecule has 0 spiro atoms. The van der Waals surface area contributed by atoms with Crippen LogP contribution in [0.3, 0.4) is 0 Å². The maximum atomic E-state index is 11.1. The lowest BCUT2D eigenvalue weighted by molar-refractivity contribution is 0.199. The quantitative estimate of drug-likeness (QED) is 0.782. The lowest BCUT2D eigenvalue weighted by Gasteiger charge is -2.12. The van der Waals surface area contributed by atoms with Crippen LogP contribution in [0, 0.1) is 0 Å². The summed E-state index contributed by atoms with van der Waals surface area (Å²) in [6.45, 7) is 0. The van der Waals surface area contributed by atoms with E-state index in [-0.39, 0.29) is 28.6 Å². The fraction of sp³-hybridized carbons (Fsp3) is 0.556. The third-order valence-electron chi connectivity index (χ3n) is 2.47. The lowest BCUT2D eigenvalue weighted by Crippen LogP contribution is -2.20. The molecular formula is C9H12ClN3O2. The predicted molar refractivity (Wildman–Crippen MR) is 56.1 cm³/mol. The van der Waals surface area contributed by atoms with Gasteiger partial charge in [-0.05, 0) is 19.3 Å². The van der Waals surface area contributed by atoms with Crippen LogP contribution in [0.15, 0.2) is 11.1 Å². The highest BCUT2D eigenvalue weighted by Crippen LogP contribution is 2.24. The van der Waals surface area contributed by atoms with Gasteiger partial charge in [-0.15, -0.1) is 0 Å². The van der Waals surface area contributed by atoms with Gasteiger partial charge in [0.2, 0.25) is 5.88 Å². The Labute approximate surface area is 91.6 Å². The number of hydrogen-bond donors (Lipinski definition) is 2. The highest BCUT2D eigenvalue weighted by Gasteiger charge is 2.24. The number of nitrogens with two attached hydrogens (primary N) is 1. The van der Waals surface area contributed by atoms with E-state index in [2.05, 4.69) is 9.97 Å². The largest absolute Gasteiger partial charge is 0.473 e. The second-order valence-corrected chi connectivity index (χ2v) is 4.04. The summed E-state index contributed by atoms with van der Waals surface area (Å²) in [6.07, 6.45) is 3.90. The Bertz CT molecular complexity index is 407. The highest BCUT2D eigenvalue weighted by molar-refractivity contribution is 6.31. The minimum Gasteiger partial charge on any atom is -0.473 e. The second-order valence-electron chi connectivity index (χ2n) is 3.66. The van der Waals surface area contributed by atoms with E-state index in [1.54, 1.807) is 0 Å². The van der Waals surface area contributed by atoms with Gasteiger partial charge < -0.3 is 15.5 Å². The molecule has 2 atom stereocenters. The van der Waals surface area contributed by atoms with Crippen LogP contribution >= 0.6 is 11.6 Å². The Morgan fingerprint density at radius 2 is 2.40 bits per heavy atom. The average molecular weight is 230 g/mol. The Morgan fingerprint density at radius 3 is 3.07 bits per heavy atom. The van der Waals surface area contributed by atoms with Gasteiger partial charge >= 0.3 is 0 Å². The van der Waals surface area contributed by atoms with Gasteiger partial charge in [-0.1, -0.05) is 11.6 Å². The van der Waals surface area contributed by atoms with Crippen LogP contribution in [0.2, 0.25) is 5.02 Å². The molecule has 1 aromatic heterocycles. The molecule has 1 fully saturated rings. The molecule has 82 valence electrons. The summed E-state index contributed by atoms with van der Waals surface area (Å²) in [6, 6.07) is 0.177. The van der Waals surface area contributed by atoms with Crippen molar-refractivity contribution in [2.75, 3.05) is 0 Å². The molecule has 1 aliphatic rings. The monoisotopic (exact) mass is 229 g/mol. The maximum absolute atomic E-state index is 11.1. The number of aromatic amines is 1. The molecule has 3 N–H and O–H groups in total. The van der Waals surface area contributed by atoms with Gasteiger partial charge in [-0.25, -0.2) is 4.98 Å². The van der Waals surface area contributed by atoms with Crippen molar-refractivity contribution in [1.82, 2.24) is 9.97 Å². The van der Waals surface area contributed by atoms with Crippen LogP contribution in [0.5, 0.6) is 5.88 Å². The number of aromatic nitrogens is 2. The number of rotatable bonds is 2. The lowest BCUT2D eigenvalue weighted by atomic mass is 10.3. The molecule has 1 heterocycles. The maximum Gasteiger partial charge on any atom is 0.273 e. The molecule has 0 aromatic carbocycles. The molecule has 5 nitrogen and oxygen atoms in total. The highest BCUT2D eigenvalue weighted by atomic mass is 35.5. The van der Waals surface area contributed by atoms with Crippen molar-refractivity contribution in [2.45, 2.75) is 31.4 Å². The van der Waals surface area contributed by atoms with Crippen molar-refractivity contribution in [3.8, 4) is 5.88 Å². The summed E-state index contributed by atoms with van der Waals surface area (Å²) >= 11 is 5.75. The van der Waals surface area contributed by atoms with E-state index >= 15 is 0 Å². The van der Waals surface area contributed by atoms with Crippen molar-refractivity contribution in [2.24, 2.45) is 5.73 Å². The second kappa shape index (κ2) is 4.20. The molecular weight excluding hydrogens is 218 g/mol. The summed E-state index contributed by atoms with van der Waals surface area (Å²) in [5.41, 5.74) is 5.36. The minimum absolute atomic E-state index is 0.00188. The molecule has 0 bridgehead atoms. The third-order valence-corrected chi connectivity index (χ3v) is 2.80. The van der Waals surface area contributed by atoms with Crippen LogP contribution in [-0.4, -0.2) is 22.1 Å². The summed E-state index contributed by atoms with van der Waals surface area (Å²) in [5.74, 6) is 0.194. The van der Waals surface area contributed by atoms with Crippen molar-refractivity contribution >= 4 is 11.6 Å². The van der Waals surface area contributed by atoms with Gasteiger partial charge in [0.05, 0.1) is 6.33 Å².